The van der Waals surface area contributed by atoms with Crippen LogP contribution < -0.4 is 15.4 Å². The number of hydrogen-bond donors (Lipinski definition) is 2. The lowest BCUT2D eigenvalue weighted by atomic mass is 10.2. The number of hydrogen-bond acceptors (Lipinski definition) is 4. The number of fused-ring (bicyclic) bond motifs is 1. The summed E-state index contributed by atoms with van der Waals surface area (Å²) in [5, 5.41) is 7.67. The second-order valence-electron chi connectivity index (χ2n) is 7.63. The second kappa shape index (κ2) is 11.5. The lowest BCUT2D eigenvalue weighted by molar-refractivity contribution is -0.113. The van der Waals surface area contributed by atoms with E-state index in [0.29, 0.717) is 40.1 Å². The molecular weight excluding hydrogens is 505 g/mol. The Hall–Kier alpha value is -3.13. The summed E-state index contributed by atoms with van der Waals surface area (Å²) in [6, 6.07) is 20.1. The maximum Gasteiger partial charge on any atom is 0.255 e. The van der Waals surface area contributed by atoms with Crippen molar-refractivity contribution in [2.75, 3.05) is 24.7 Å². The fourth-order valence-corrected chi connectivity index (χ4v) is 4.83. The van der Waals surface area contributed by atoms with Gasteiger partial charge in [0.1, 0.15) is 5.75 Å². The molecule has 0 bridgehead atoms. The van der Waals surface area contributed by atoms with E-state index in [0.717, 1.165) is 15.8 Å². The van der Waals surface area contributed by atoms with E-state index >= 15 is 0 Å². The van der Waals surface area contributed by atoms with Gasteiger partial charge in [-0.25, -0.2) is 0 Å². The lowest BCUT2D eigenvalue weighted by Crippen LogP contribution is -2.27. The number of benzene rings is 3. The molecule has 0 atom stereocenters. The van der Waals surface area contributed by atoms with Crippen molar-refractivity contribution in [3.05, 3.63) is 88.5 Å². The lowest BCUT2D eigenvalue weighted by Gasteiger charge is -2.10. The Balaban J connectivity index is 1.39. The van der Waals surface area contributed by atoms with Gasteiger partial charge < -0.3 is 19.9 Å². The molecule has 0 spiro atoms. The number of aromatic nitrogens is 1. The van der Waals surface area contributed by atoms with Crippen molar-refractivity contribution in [1.29, 1.82) is 0 Å². The normalized spacial score (nSPS) is 10.8. The molecule has 0 unspecified atom stereocenters. The van der Waals surface area contributed by atoms with E-state index in [4.69, 9.17) is 27.9 Å². The molecule has 9 heteroatoms. The summed E-state index contributed by atoms with van der Waals surface area (Å²) < 4.78 is 7.35. The van der Waals surface area contributed by atoms with Crippen LogP contribution in [0.5, 0.6) is 5.75 Å². The molecule has 0 radical (unpaired) electrons. The largest absolute Gasteiger partial charge is 0.496 e. The molecule has 4 aromatic rings. The van der Waals surface area contributed by atoms with Crippen LogP contribution in [-0.2, 0) is 11.3 Å². The van der Waals surface area contributed by atoms with E-state index in [1.54, 1.807) is 43.5 Å². The van der Waals surface area contributed by atoms with E-state index in [2.05, 4.69) is 15.2 Å². The fourth-order valence-electron chi connectivity index (χ4n) is 3.64. The molecule has 35 heavy (non-hydrogen) atoms. The number of anilines is 1. The first-order chi connectivity index (χ1) is 17.0. The average molecular weight is 528 g/mol. The summed E-state index contributed by atoms with van der Waals surface area (Å²) in [5.41, 5.74) is 2.13. The summed E-state index contributed by atoms with van der Waals surface area (Å²) in [4.78, 5) is 26.1. The van der Waals surface area contributed by atoms with Crippen molar-refractivity contribution >= 4 is 63.4 Å². The molecule has 0 saturated heterocycles. The zero-order chi connectivity index (χ0) is 24.8. The van der Waals surface area contributed by atoms with Crippen molar-refractivity contribution in [2.24, 2.45) is 0 Å². The predicted octanol–water partition coefficient (Wildman–Crippen LogP) is 6.12. The Bertz CT molecular complexity index is 1370. The SMILES string of the molecule is COc1ccccc1C(=O)NCCn1cc(SCC(=O)Nc2ccc(Cl)c(Cl)c2)c2ccccc21. The molecule has 0 fully saturated rings. The fraction of sp³-hybridized carbons (Fsp3) is 0.154. The van der Waals surface area contributed by atoms with Gasteiger partial charge in [0.2, 0.25) is 5.91 Å². The number of carbonyl (C=O) groups excluding carboxylic acids is 2. The monoisotopic (exact) mass is 527 g/mol. The van der Waals surface area contributed by atoms with E-state index in [9.17, 15) is 9.59 Å². The van der Waals surface area contributed by atoms with Crippen molar-refractivity contribution < 1.29 is 14.3 Å². The molecule has 180 valence electrons. The molecule has 0 aliphatic heterocycles. The molecule has 0 aliphatic carbocycles. The van der Waals surface area contributed by atoms with Crippen LogP contribution in [-0.4, -0.2) is 35.8 Å². The molecular formula is C26H23Cl2N3O3S. The van der Waals surface area contributed by atoms with Crippen LogP contribution in [0.15, 0.2) is 77.8 Å². The highest BCUT2D eigenvalue weighted by Crippen LogP contribution is 2.30. The van der Waals surface area contributed by atoms with Crippen molar-refractivity contribution in [2.45, 2.75) is 11.4 Å². The van der Waals surface area contributed by atoms with Crippen LogP contribution in [0.3, 0.4) is 0 Å². The van der Waals surface area contributed by atoms with E-state index < -0.39 is 0 Å². The van der Waals surface area contributed by atoms with Crippen LogP contribution in [0.25, 0.3) is 10.9 Å². The summed E-state index contributed by atoms with van der Waals surface area (Å²) in [6.45, 7) is 1.02. The number of carbonyl (C=O) groups is 2. The van der Waals surface area contributed by atoms with E-state index in [-0.39, 0.29) is 17.6 Å². The van der Waals surface area contributed by atoms with E-state index in [1.807, 2.05) is 36.5 Å². The minimum atomic E-state index is -0.188. The van der Waals surface area contributed by atoms with Gasteiger partial charge in [-0.3, -0.25) is 9.59 Å². The molecule has 1 heterocycles. The van der Waals surface area contributed by atoms with Crippen LogP contribution in [0.4, 0.5) is 5.69 Å². The minimum Gasteiger partial charge on any atom is -0.496 e. The van der Waals surface area contributed by atoms with Crippen LogP contribution in [0.2, 0.25) is 10.0 Å². The van der Waals surface area contributed by atoms with Gasteiger partial charge in [-0.2, -0.15) is 0 Å². The molecule has 2 amide bonds. The van der Waals surface area contributed by atoms with Crippen molar-refractivity contribution in [3.63, 3.8) is 0 Å². The third-order valence-electron chi connectivity index (χ3n) is 5.30. The Morgan fingerprint density at radius 3 is 2.57 bits per heavy atom. The first-order valence-corrected chi connectivity index (χ1v) is 12.6. The van der Waals surface area contributed by atoms with Gasteiger partial charge in [-0.1, -0.05) is 53.5 Å². The molecule has 0 aliphatic rings. The summed E-state index contributed by atoms with van der Waals surface area (Å²) in [7, 11) is 1.54. The van der Waals surface area contributed by atoms with Gasteiger partial charge in [0, 0.05) is 40.8 Å². The summed E-state index contributed by atoms with van der Waals surface area (Å²) in [6.07, 6.45) is 2.01. The highest BCUT2D eigenvalue weighted by atomic mass is 35.5. The second-order valence-corrected chi connectivity index (χ2v) is 9.46. The third-order valence-corrected chi connectivity index (χ3v) is 7.09. The van der Waals surface area contributed by atoms with E-state index in [1.165, 1.54) is 11.8 Å². The van der Waals surface area contributed by atoms with Crippen molar-refractivity contribution in [3.8, 4) is 5.75 Å². The number of halogens is 2. The Morgan fingerprint density at radius 2 is 1.77 bits per heavy atom. The molecule has 0 saturated carbocycles. The predicted molar refractivity (Wildman–Crippen MR) is 143 cm³/mol. The highest BCUT2D eigenvalue weighted by molar-refractivity contribution is 8.00. The highest BCUT2D eigenvalue weighted by Gasteiger charge is 2.13. The number of ether oxygens (including phenoxy) is 1. The number of methoxy groups -OCH3 is 1. The Kier molecular flexibility index (Phi) is 8.23. The zero-order valence-electron chi connectivity index (χ0n) is 18.9. The first kappa shape index (κ1) is 25.0. The average Bonchev–Trinajstić information content (AvgIpc) is 3.22. The maximum atomic E-state index is 12.6. The molecule has 1 aromatic heterocycles. The quantitative estimate of drug-likeness (QED) is 0.257. The molecule has 4 rings (SSSR count). The van der Waals surface area contributed by atoms with Crippen LogP contribution >= 0.6 is 35.0 Å². The standard InChI is InChI=1S/C26H23Cl2N3O3S/c1-34-23-9-5-3-7-19(23)26(33)29-12-13-31-15-24(18-6-2-4-8-22(18)31)35-16-25(32)30-17-10-11-20(27)21(28)14-17/h2-11,14-15H,12-13,16H2,1H3,(H,29,33)(H,30,32). The smallest absolute Gasteiger partial charge is 0.255 e. The number of rotatable bonds is 9. The van der Waals surface area contributed by atoms with Gasteiger partial charge in [0.25, 0.3) is 5.91 Å². The molecule has 6 nitrogen and oxygen atoms in total. The minimum absolute atomic E-state index is 0.144. The number of amides is 2. The number of thioether (sulfide) groups is 1. The van der Waals surface area contributed by atoms with Gasteiger partial charge in [-0.05, 0) is 36.4 Å². The zero-order valence-corrected chi connectivity index (χ0v) is 21.2. The van der Waals surface area contributed by atoms with Gasteiger partial charge in [-0.15, -0.1) is 11.8 Å². The van der Waals surface area contributed by atoms with Crippen molar-refractivity contribution in [1.82, 2.24) is 9.88 Å². The number of nitrogens with one attached hydrogen (secondary N) is 2. The first-order valence-electron chi connectivity index (χ1n) is 10.8. The van der Waals surface area contributed by atoms with Gasteiger partial charge >= 0.3 is 0 Å². The Morgan fingerprint density at radius 1 is 1.00 bits per heavy atom. The molecule has 3 aromatic carbocycles. The Labute approximate surface area is 217 Å². The topological polar surface area (TPSA) is 72.4 Å². The number of para-hydroxylation sites is 2. The van der Waals surface area contributed by atoms with Gasteiger partial charge in [0.05, 0.1) is 28.5 Å². The van der Waals surface area contributed by atoms with Crippen LogP contribution in [0.1, 0.15) is 10.4 Å². The third kappa shape index (κ3) is 6.11. The maximum absolute atomic E-state index is 12.6. The molecule has 2 N–H and O–H groups in total. The van der Waals surface area contributed by atoms with Gasteiger partial charge in [0.15, 0.2) is 0 Å². The number of nitrogens with zero attached hydrogens (tertiary/aromatic N) is 1. The van der Waals surface area contributed by atoms with Crippen LogP contribution in [0, 0.1) is 0 Å². The summed E-state index contributed by atoms with van der Waals surface area (Å²) in [5.74, 6) is 0.440. The summed E-state index contributed by atoms with van der Waals surface area (Å²) >= 11 is 13.4.